The quantitative estimate of drug-likeness (QED) is 0.560. The van der Waals surface area contributed by atoms with Gasteiger partial charge in [-0.3, -0.25) is 14.7 Å². The molecule has 3 N–H and O–H groups in total. The second kappa shape index (κ2) is 7.95. The number of hydrogen-bond donors (Lipinski definition) is 3. The van der Waals surface area contributed by atoms with Crippen LogP contribution in [0.25, 0.3) is 10.9 Å². The zero-order chi connectivity index (χ0) is 20.3. The highest BCUT2D eigenvalue weighted by Crippen LogP contribution is 2.22. The van der Waals surface area contributed by atoms with Crippen LogP contribution in [-0.2, 0) is 9.53 Å². The second-order valence-electron chi connectivity index (χ2n) is 6.49. The number of methoxy groups -OCH3 is 1. The Kier molecular flexibility index (Phi) is 5.44. The van der Waals surface area contributed by atoms with Crippen LogP contribution >= 0.6 is 0 Å². The zero-order valence-corrected chi connectivity index (χ0v) is 15.6. The third kappa shape index (κ3) is 3.88. The van der Waals surface area contributed by atoms with Crippen molar-refractivity contribution in [2.24, 2.45) is 5.92 Å². The molecular weight excluding hydrogens is 364 g/mol. The topological polar surface area (TPSA) is 126 Å². The van der Waals surface area contributed by atoms with Crippen LogP contribution in [0.15, 0.2) is 41.0 Å². The minimum atomic E-state index is -0.780. The van der Waals surface area contributed by atoms with Crippen LogP contribution in [0.5, 0.6) is 0 Å². The maximum Gasteiger partial charge on any atom is 0.359 e. The summed E-state index contributed by atoms with van der Waals surface area (Å²) < 4.78 is 9.77. The van der Waals surface area contributed by atoms with Crippen molar-refractivity contribution in [1.82, 2.24) is 15.5 Å². The summed E-state index contributed by atoms with van der Waals surface area (Å²) in [6, 6.07) is 7.32. The van der Waals surface area contributed by atoms with E-state index >= 15 is 0 Å². The molecule has 2 aromatic heterocycles. The first kappa shape index (κ1) is 19.2. The normalized spacial score (nSPS) is 12.0. The summed E-state index contributed by atoms with van der Waals surface area (Å²) in [6.07, 6.45) is 1.39. The van der Waals surface area contributed by atoms with Crippen molar-refractivity contribution >= 4 is 34.4 Å². The van der Waals surface area contributed by atoms with Gasteiger partial charge in [0.1, 0.15) is 6.04 Å². The minimum Gasteiger partial charge on any atom is -0.464 e. The lowest BCUT2D eigenvalue weighted by Crippen LogP contribution is -2.47. The summed E-state index contributed by atoms with van der Waals surface area (Å²) in [4.78, 5) is 36.8. The second-order valence-corrected chi connectivity index (χ2v) is 6.49. The number of rotatable bonds is 6. The van der Waals surface area contributed by atoms with E-state index in [1.165, 1.54) is 19.4 Å². The number of amides is 2. The molecule has 2 amide bonds. The number of carbonyl (C=O) groups is 3. The number of hydrogen-bond acceptors (Lipinski definition) is 6. The molecule has 146 valence electrons. The number of benzene rings is 1. The summed E-state index contributed by atoms with van der Waals surface area (Å²) in [5.41, 5.74) is 1.21. The van der Waals surface area contributed by atoms with Gasteiger partial charge in [0.2, 0.25) is 5.91 Å². The van der Waals surface area contributed by atoms with E-state index in [9.17, 15) is 14.4 Å². The highest BCUT2D eigenvalue weighted by molar-refractivity contribution is 6.05. The molecule has 0 unspecified atom stereocenters. The van der Waals surface area contributed by atoms with Gasteiger partial charge >= 0.3 is 5.97 Å². The molecule has 1 atom stereocenters. The van der Waals surface area contributed by atoms with E-state index < -0.39 is 23.8 Å². The van der Waals surface area contributed by atoms with Gasteiger partial charge in [-0.05, 0) is 36.2 Å². The SMILES string of the molecule is COC(=O)c1n[nH]c2ccc(NC(=O)[C@@H](NC(=O)c3ccco3)C(C)C)cc12. The van der Waals surface area contributed by atoms with Crippen LogP contribution in [0, 0.1) is 5.92 Å². The molecule has 0 saturated carbocycles. The van der Waals surface area contributed by atoms with Crippen LogP contribution in [0.4, 0.5) is 5.69 Å². The largest absolute Gasteiger partial charge is 0.464 e. The van der Waals surface area contributed by atoms with Gasteiger partial charge in [0.05, 0.1) is 18.9 Å². The third-order valence-corrected chi connectivity index (χ3v) is 4.19. The lowest BCUT2D eigenvalue weighted by molar-refractivity contribution is -0.118. The number of carbonyl (C=O) groups excluding carboxylic acids is 3. The van der Waals surface area contributed by atoms with Crippen molar-refractivity contribution in [3.8, 4) is 0 Å². The monoisotopic (exact) mass is 384 g/mol. The highest BCUT2D eigenvalue weighted by Gasteiger charge is 2.26. The first-order valence-corrected chi connectivity index (χ1v) is 8.62. The Morgan fingerprint density at radius 3 is 2.64 bits per heavy atom. The van der Waals surface area contributed by atoms with E-state index in [0.29, 0.717) is 16.6 Å². The summed E-state index contributed by atoms with van der Waals surface area (Å²) >= 11 is 0. The number of H-pyrrole nitrogens is 1. The van der Waals surface area contributed by atoms with Crippen LogP contribution in [-0.4, -0.2) is 41.1 Å². The first-order chi connectivity index (χ1) is 13.4. The summed E-state index contributed by atoms with van der Waals surface area (Å²) in [7, 11) is 1.27. The van der Waals surface area contributed by atoms with Crippen molar-refractivity contribution < 1.29 is 23.5 Å². The Morgan fingerprint density at radius 2 is 2.00 bits per heavy atom. The van der Waals surface area contributed by atoms with E-state index in [0.717, 1.165) is 0 Å². The van der Waals surface area contributed by atoms with Crippen molar-refractivity contribution in [3.05, 3.63) is 48.0 Å². The Bertz CT molecular complexity index is 1010. The number of nitrogens with one attached hydrogen (secondary N) is 3. The van der Waals surface area contributed by atoms with Gasteiger partial charge in [0.15, 0.2) is 11.5 Å². The van der Waals surface area contributed by atoms with Crippen molar-refractivity contribution in [3.63, 3.8) is 0 Å². The molecule has 9 heteroatoms. The zero-order valence-electron chi connectivity index (χ0n) is 15.6. The third-order valence-electron chi connectivity index (χ3n) is 4.19. The number of aromatic amines is 1. The first-order valence-electron chi connectivity index (χ1n) is 8.62. The Morgan fingerprint density at radius 1 is 1.21 bits per heavy atom. The molecule has 3 rings (SSSR count). The molecule has 0 spiro atoms. The Balaban J connectivity index is 1.79. The lowest BCUT2D eigenvalue weighted by Gasteiger charge is -2.21. The number of nitrogens with zero attached hydrogens (tertiary/aromatic N) is 1. The molecule has 3 aromatic rings. The van der Waals surface area contributed by atoms with Crippen molar-refractivity contribution in [2.75, 3.05) is 12.4 Å². The molecule has 0 radical (unpaired) electrons. The summed E-state index contributed by atoms with van der Waals surface area (Å²) in [5.74, 6) is -1.49. The average Bonchev–Trinajstić information content (AvgIpc) is 3.34. The maximum absolute atomic E-state index is 12.7. The summed E-state index contributed by atoms with van der Waals surface area (Å²) in [5, 5.41) is 12.6. The number of anilines is 1. The lowest BCUT2D eigenvalue weighted by atomic mass is 10.0. The molecule has 0 saturated heterocycles. The number of esters is 1. The van der Waals surface area contributed by atoms with Crippen molar-refractivity contribution in [2.45, 2.75) is 19.9 Å². The fourth-order valence-electron chi connectivity index (χ4n) is 2.72. The predicted octanol–water partition coefficient (Wildman–Crippen LogP) is 2.34. The average molecular weight is 384 g/mol. The Labute approximate surface area is 160 Å². The predicted molar refractivity (Wildman–Crippen MR) is 101 cm³/mol. The molecule has 0 fully saturated rings. The number of fused-ring (bicyclic) bond motifs is 1. The van der Waals surface area contributed by atoms with Gasteiger partial charge in [0, 0.05) is 11.1 Å². The van der Waals surface area contributed by atoms with Gasteiger partial charge in [-0.2, -0.15) is 5.10 Å². The molecule has 0 aliphatic rings. The fourth-order valence-corrected chi connectivity index (χ4v) is 2.72. The van der Waals surface area contributed by atoms with Gasteiger partial charge in [-0.25, -0.2) is 4.79 Å². The summed E-state index contributed by atoms with van der Waals surface area (Å²) in [6.45, 7) is 3.64. The van der Waals surface area contributed by atoms with Gasteiger partial charge in [0.25, 0.3) is 5.91 Å². The van der Waals surface area contributed by atoms with Gasteiger partial charge in [-0.15, -0.1) is 0 Å². The molecule has 0 aliphatic carbocycles. The smallest absolute Gasteiger partial charge is 0.359 e. The number of ether oxygens (including phenoxy) is 1. The molecular formula is C19H20N4O5. The molecule has 9 nitrogen and oxygen atoms in total. The van der Waals surface area contributed by atoms with E-state index in [2.05, 4.69) is 20.8 Å². The fraction of sp³-hybridized carbons (Fsp3) is 0.263. The van der Waals surface area contributed by atoms with Crippen LogP contribution in [0.2, 0.25) is 0 Å². The van der Waals surface area contributed by atoms with Crippen LogP contribution in [0.1, 0.15) is 34.9 Å². The van der Waals surface area contributed by atoms with Gasteiger partial charge < -0.3 is 19.8 Å². The standard InChI is InChI=1S/C19H20N4O5/c1-10(2)15(21-17(24)14-5-4-8-28-14)18(25)20-11-6-7-13-12(9-11)16(23-22-13)19(26)27-3/h4-10,15H,1-3H3,(H,20,25)(H,21,24)(H,22,23)/t15-/m0/s1. The number of furan rings is 1. The molecule has 0 aliphatic heterocycles. The number of aromatic nitrogens is 2. The minimum absolute atomic E-state index is 0.125. The van der Waals surface area contributed by atoms with Crippen molar-refractivity contribution in [1.29, 1.82) is 0 Å². The van der Waals surface area contributed by atoms with E-state index in [4.69, 9.17) is 9.15 Å². The van der Waals surface area contributed by atoms with E-state index in [1.807, 2.05) is 13.8 Å². The highest BCUT2D eigenvalue weighted by atomic mass is 16.5. The van der Waals surface area contributed by atoms with E-state index in [-0.39, 0.29) is 17.4 Å². The van der Waals surface area contributed by atoms with Crippen LogP contribution < -0.4 is 10.6 Å². The molecule has 0 bridgehead atoms. The van der Waals surface area contributed by atoms with Gasteiger partial charge in [-0.1, -0.05) is 13.8 Å². The Hall–Kier alpha value is -3.62. The van der Waals surface area contributed by atoms with E-state index in [1.54, 1.807) is 24.3 Å². The molecule has 1 aromatic carbocycles. The maximum atomic E-state index is 12.7. The molecule has 2 heterocycles. The molecule has 28 heavy (non-hydrogen) atoms. The van der Waals surface area contributed by atoms with Crippen LogP contribution in [0.3, 0.4) is 0 Å².